The van der Waals surface area contributed by atoms with Crippen molar-refractivity contribution in [2.75, 3.05) is 18.1 Å². The van der Waals surface area contributed by atoms with Crippen molar-refractivity contribution in [3.05, 3.63) is 0 Å². The van der Waals surface area contributed by atoms with E-state index in [1.54, 1.807) is 6.92 Å². The molecular weight excluding hydrogens is 258 g/mol. The van der Waals surface area contributed by atoms with Crippen molar-refractivity contribution in [3.8, 4) is 0 Å². The third-order valence-electron chi connectivity index (χ3n) is 3.90. The van der Waals surface area contributed by atoms with Crippen LogP contribution in [0, 0.1) is 5.92 Å². The van der Waals surface area contributed by atoms with E-state index in [0.29, 0.717) is 17.7 Å². The van der Waals surface area contributed by atoms with E-state index in [9.17, 15) is 8.42 Å². The van der Waals surface area contributed by atoms with Crippen molar-refractivity contribution in [3.63, 3.8) is 0 Å². The number of sulfone groups is 1. The Kier molecular flexibility index (Phi) is 10.6. The van der Waals surface area contributed by atoms with E-state index >= 15 is 0 Å². The Morgan fingerprint density at radius 1 is 1.00 bits per heavy atom. The van der Waals surface area contributed by atoms with Gasteiger partial charge in [0.1, 0.15) is 9.84 Å². The maximum absolute atomic E-state index is 11.5. The van der Waals surface area contributed by atoms with Gasteiger partial charge in [0.25, 0.3) is 0 Å². The first-order valence-corrected chi connectivity index (χ1v) is 9.76. The van der Waals surface area contributed by atoms with Crippen LogP contribution < -0.4 is 5.32 Å². The van der Waals surface area contributed by atoms with Gasteiger partial charge in [0.15, 0.2) is 0 Å². The van der Waals surface area contributed by atoms with Crippen LogP contribution in [0.3, 0.4) is 0 Å². The van der Waals surface area contributed by atoms with Gasteiger partial charge in [-0.05, 0) is 31.7 Å². The van der Waals surface area contributed by atoms with Gasteiger partial charge >= 0.3 is 0 Å². The van der Waals surface area contributed by atoms with E-state index < -0.39 is 9.84 Å². The molecule has 0 rings (SSSR count). The molecule has 0 aliphatic rings. The molecule has 0 radical (unpaired) electrons. The average molecular weight is 292 g/mol. The highest BCUT2D eigenvalue weighted by molar-refractivity contribution is 7.91. The Hall–Kier alpha value is -0.0900. The Labute approximate surface area is 120 Å². The summed E-state index contributed by atoms with van der Waals surface area (Å²) in [6.07, 6.45) is 6.71. The van der Waals surface area contributed by atoms with Gasteiger partial charge in [-0.1, -0.05) is 47.0 Å². The SMILES string of the molecule is CCCCC(CC)C(CCCS(=O)(=O)CC)NCC. The van der Waals surface area contributed by atoms with Crippen LogP contribution in [0.5, 0.6) is 0 Å². The molecule has 4 heteroatoms. The molecule has 0 aromatic carbocycles. The first kappa shape index (κ1) is 18.9. The second-order valence-corrected chi connectivity index (χ2v) is 7.83. The molecule has 0 heterocycles. The van der Waals surface area contributed by atoms with Crippen LogP contribution >= 0.6 is 0 Å². The smallest absolute Gasteiger partial charge is 0.150 e. The monoisotopic (exact) mass is 291 g/mol. The molecule has 0 aliphatic heterocycles. The molecule has 0 saturated heterocycles. The largest absolute Gasteiger partial charge is 0.314 e. The fraction of sp³-hybridized carbons (Fsp3) is 1.00. The van der Waals surface area contributed by atoms with Crippen LogP contribution in [0.25, 0.3) is 0 Å². The fourth-order valence-electron chi connectivity index (χ4n) is 2.59. The van der Waals surface area contributed by atoms with E-state index in [2.05, 4.69) is 26.1 Å². The topological polar surface area (TPSA) is 46.2 Å². The lowest BCUT2D eigenvalue weighted by Crippen LogP contribution is -2.36. The molecule has 0 aromatic heterocycles. The Bertz CT molecular complexity index is 301. The molecule has 19 heavy (non-hydrogen) atoms. The molecule has 2 atom stereocenters. The molecule has 0 aromatic rings. The molecular formula is C15H33NO2S. The first-order chi connectivity index (χ1) is 9.00. The van der Waals surface area contributed by atoms with Crippen molar-refractivity contribution in [2.24, 2.45) is 5.92 Å². The Balaban J connectivity index is 4.29. The predicted octanol–water partition coefficient (Wildman–Crippen LogP) is 3.40. The third-order valence-corrected chi connectivity index (χ3v) is 5.69. The summed E-state index contributed by atoms with van der Waals surface area (Å²) in [5, 5.41) is 3.55. The molecule has 0 bridgehead atoms. The van der Waals surface area contributed by atoms with E-state index in [-0.39, 0.29) is 5.75 Å². The van der Waals surface area contributed by atoms with E-state index in [0.717, 1.165) is 19.4 Å². The van der Waals surface area contributed by atoms with Gasteiger partial charge < -0.3 is 5.32 Å². The van der Waals surface area contributed by atoms with E-state index in [4.69, 9.17) is 0 Å². The summed E-state index contributed by atoms with van der Waals surface area (Å²) >= 11 is 0. The van der Waals surface area contributed by atoms with Crippen LogP contribution in [-0.4, -0.2) is 32.5 Å². The average Bonchev–Trinajstić information content (AvgIpc) is 2.39. The molecule has 3 nitrogen and oxygen atoms in total. The number of hydrogen-bond donors (Lipinski definition) is 1. The van der Waals surface area contributed by atoms with Crippen LogP contribution in [0.2, 0.25) is 0 Å². The second-order valence-electron chi connectivity index (χ2n) is 5.35. The number of rotatable bonds is 12. The highest BCUT2D eigenvalue weighted by Crippen LogP contribution is 2.20. The maximum Gasteiger partial charge on any atom is 0.150 e. The van der Waals surface area contributed by atoms with E-state index in [1.165, 1.54) is 25.7 Å². The molecule has 116 valence electrons. The zero-order chi connectivity index (χ0) is 14.7. The first-order valence-electron chi connectivity index (χ1n) is 7.94. The van der Waals surface area contributed by atoms with Crippen LogP contribution in [0.15, 0.2) is 0 Å². The fourth-order valence-corrected chi connectivity index (χ4v) is 3.49. The maximum atomic E-state index is 11.5. The summed E-state index contributed by atoms with van der Waals surface area (Å²) < 4.78 is 23.1. The standard InChI is InChI=1S/C15H33NO2S/c1-5-9-11-14(6-2)15(16-7-3)12-10-13-19(17,18)8-4/h14-16H,5-13H2,1-4H3. The zero-order valence-corrected chi connectivity index (χ0v) is 14.1. The van der Waals surface area contributed by atoms with E-state index in [1.807, 2.05) is 0 Å². The Morgan fingerprint density at radius 3 is 2.16 bits per heavy atom. The van der Waals surface area contributed by atoms with Gasteiger partial charge in [-0.3, -0.25) is 0 Å². The van der Waals surface area contributed by atoms with Crippen LogP contribution in [-0.2, 0) is 9.84 Å². The third kappa shape index (κ3) is 8.64. The highest BCUT2D eigenvalue weighted by atomic mass is 32.2. The number of unbranched alkanes of at least 4 members (excludes halogenated alkanes) is 1. The van der Waals surface area contributed by atoms with Gasteiger partial charge in [0.2, 0.25) is 0 Å². The van der Waals surface area contributed by atoms with Gasteiger partial charge in [-0.15, -0.1) is 0 Å². The summed E-state index contributed by atoms with van der Waals surface area (Å²) in [5.74, 6) is 1.30. The summed E-state index contributed by atoms with van der Waals surface area (Å²) in [7, 11) is -2.81. The summed E-state index contributed by atoms with van der Waals surface area (Å²) in [6.45, 7) is 9.29. The van der Waals surface area contributed by atoms with Crippen LogP contribution in [0.1, 0.15) is 66.2 Å². The van der Waals surface area contributed by atoms with Crippen molar-refractivity contribution < 1.29 is 8.42 Å². The van der Waals surface area contributed by atoms with Gasteiger partial charge in [0, 0.05) is 11.8 Å². The quantitative estimate of drug-likeness (QED) is 0.599. The molecule has 0 amide bonds. The lowest BCUT2D eigenvalue weighted by atomic mass is 9.88. The number of hydrogen-bond acceptors (Lipinski definition) is 3. The minimum Gasteiger partial charge on any atom is -0.314 e. The van der Waals surface area contributed by atoms with Gasteiger partial charge in [-0.2, -0.15) is 0 Å². The van der Waals surface area contributed by atoms with Crippen LogP contribution in [0.4, 0.5) is 0 Å². The Morgan fingerprint density at radius 2 is 1.68 bits per heavy atom. The predicted molar refractivity (Wildman–Crippen MR) is 84.3 cm³/mol. The highest BCUT2D eigenvalue weighted by Gasteiger charge is 2.19. The summed E-state index contributed by atoms with van der Waals surface area (Å²) in [6, 6.07) is 0.480. The molecule has 0 saturated carbocycles. The normalized spacial score (nSPS) is 15.4. The summed E-state index contributed by atoms with van der Waals surface area (Å²) in [4.78, 5) is 0. The van der Waals surface area contributed by atoms with Gasteiger partial charge in [-0.25, -0.2) is 8.42 Å². The molecule has 0 aliphatic carbocycles. The molecule has 0 spiro atoms. The molecule has 2 unspecified atom stereocenters. The summed E-state index contributed by atoms with van der Waals surface area (Å²) in [5.41, 5.74) is 0. The lowest BCUT2D eigenvalue weighted by Gasteiger charge is -2.27. The van der Waals surface area contributed by atoms with Crippen molar-refractivity contribution >= 4 is 9.84 Å². The molecule has 0 fully saturated rings. The molecule has 1 N–H and O–H groups in total. The lowest BCUT2D eigenvalue weighted by molar-refractivity contribution is 0.305. The van der Waals surface area contributed by atoms with Crippen molar-refractivity contribution in [1.29, 1.82) is 0 Å². The van der Waals surface area contributed by atoms with Gasteiger partial charge in [0.05, 0.1) is 5.75 Å². The second kappa shape index (κ2) is 10.7. The zero-order valence-electron chi connectivity index (χ0n) is 13.2. The van der Waals surface area contributed by atoms with Crippen molar-refractivity contribution in [1.82, 2.24) is 5.32 Å². The minimum absolute atomic E-state index is 0.270. The number of nitrogens with one attached hydrogen (secondary N) is 1. The van der Waals surface area contributed by atoms with Crippen molar-refractivity contribution in [2.45, 2.75) is 72.3 Å². The minimum atomic E-state index is -2.81.